The number of aliphatic carboxylic acids is 1. The van der Waals surface area contributed by atoms with E-state index in [1.807, 2.05) is 27.7 Å². The normalized spacial score (nSPS) is 34.5. The number of aliphatic hydroxyl groups excluding tert-OH is 1. The highest BCUT2D eigenvalue weighted by molar-refractivity contribution is 9.09. The van der Waals surface area contributed by atoms with Crippen LogP contribution in [0.25, 0.3) is 0 Å². The van der Waals surface area contributed by atoms with E-state index in [1.165, 1.54) is 4.90 Å². The summed E-state index contributed by atoms with van der Waals surface area (Å²) in [5.74, 6) is -3.57. The second-order valence-electron chi connectivity index (χ2n) is 10.1. The van der Waals surface area contributed by atoms with Crippen LogP contribution < -0.4 is 0 Å². The van der Waals surface area contributed by atoms with Crippen LogP contribution in [0.3, 0.4) is 0 Å². The first-order valence-corrected chi connectivity index (χ1v) is 12.9. The van der Waals surface area contributed by atoms with Gasteiger partial charge in [0, 0.05) is 17.4 Å². The van der Waals surface area contributed by atoms with Crippen molar-refractivity contribution in [3.05, 3.63) is 12.7 Å². The maximum Gasteiger partial charge on any atom is 0.310 e. The van der Waals surface area contributed by atoms with Gasteiger partial charge in [0.1, 0.15) is 11.6 Å². The van der Waals surface area contributed by atoms with Gasteiger partial charge in [-0.15, -0.1) is 6.58 Å². The van der Waals surface area contributed by atoms with Crippen molar-refractivity contribution < 1.29 is 29.3 Å². The number of nitrogens with zero attached hydrogens (tertiary/aromatic N) is 2. The van der Waals surface area contributed by atoms with Crippen molar-refractivity contribution in [1.29, 1.82) is 0 Å². The molecular weight excluding hydrogens is 492 g/mol. The standard InChI is InChI=1S/C24H37BrN2O6/c1-6-8-14(5)26(9-7-2)22(30)20-24-11-16(25)19(33-24)17(23(31)32)18(24)21(29)27(20)15(12-28)10-13(3)4/h7,13-20,28H,2,6,8-12H2,1,3-5H3,(H,31,32)/t14?,15-,16?,17-,18+,19-,20?,24?/m1/s1. The molecule has 3 rings (SSSR count). The number of fused-ring (bicyclic) bond motifs is 1. The molecule has 0 aromatic rings. The zero-order chi connectivity index (χ0) is 24.7. The average Bonchev–Trinajstić information content (AvgIpc) is 3.33. The number of ether oxygens (including phenoxy) is 1. The predicted octanol–water partition coefficient (Wildman–Crippen LogP) is 2.43. The van der Waals surface area contributed by atoms with Crippen LogP contribution in [0.4, 0.5) is 0 Å². The highest BCUT2D eigenvalue weighted by Gasteiger charge is 2.77. The Balaban J connectivity index is 2.13. The minimum absolute atomic E-state index is 0.0841. The molecule has 2 N–H and O–H groups in total. The topological polar surface area (TPSA) is 107 Å². The molecule has 2 bridgehead atoms. The quantitative estimate of drug-likeness (QED) is 0.315. The lowest BCUT2D eigenvalue weighted by Gasteiger charge is -2.41. The maximum atomic E-state index is 14.2. The monoisotopic (exact) mass is 528 g/mol. The van der Waals surface area contributed by atoms with Crippen LogP contribution in [0.5, 0.6) is 0 Å². The second-order valence-corrected chi connectivity index (χ2v) is 11.3. The number of aliphatic hydroxyl groups is 1. The van der Waals surface area contributed by atoms with Gasteiger partial charge in [0.15, 0.2) is 0 Å². The lowest BCUT2D eigenvalue weighted by atomic mass is 9.70. The molecule has 8 atom stereocenters. The average molecular weight is 529 g/mol. The summed E-state index contributed by atoms with van der Waals surface area (Å²) >= 11 is 3.56. The Bertz CT molecular complexity index is 791. The van der Waals surface area contributed by atoms with E-state index in [4.69, 9.17) is 4.74 Å². The Morgan fingerprint density at radius 2 is 2.06 bits per heavy atom. The SMILES string of the molecule is C=CCN(C(=O)C1N([C@@H](CO)CC(C)C)C(=O)[C@@H]2[C@@H](C(=O)O)[C@@H]3OC12CC3Br)C(C)CCC. The van der Waals surface area contributed by atoms with Gasteiger partial charge in [-0.1, -0.05) is 49.2 Å². The molecule has 3 fully saturated rings. The summed E-state index contributed by atoms with van der Waals surface area (Å²) < 4.78 is 6.33. The fraction of sp³-hybridized carbons (Fsp3) is 0.792. The van der Waals surface area contributed by atoms with E-state index in [1.54, 1.807) is 11.0 Å². The molecule has 0 radical (unpaired) electrons. The highest BCUT2D eigenvalue weighted by atomic mass is 79.9. The van der Waals surface area contributed by atoms with Crippen molar-refractivity contribution >= 4 is 33.7 Å². The third-order valence-electron chi connectivity index (χ3n) is 7.44. The van der Waals surface area contributed by atoms with Gasteiger partial charge in [0.05, 0.1) is 30.6 Å². The largest absolute Gasteiger partial charge is 0.481 e. The van der Waals surface area contributed by atoms with Crippen LogP contribution in [0.1, 0.15) is 53.4 Å². The Morgan fingerprint density at radius 1 is 1.39 bits per heavy atom. The number of likely N-dealkylation sites (tertiary alicyclic amines) is 1. The third kappa shape index (κ3) is 4.25. The summed E-state index contributed by atoms with van der Waals surface area (Å²) in [6.45, 7) is 11.8. The second kappa shape index (κ2) is 10.0. The molecule has 0 aromatic heterocycles. The Morgan fingerprint density at radius 3 is 2.58 bits per heavy atom. The molecule has 3 aliphatic heterocycles. The summed E-state index contributed by atoms with van der Waals surface area (Å²) in [5, 5.41) is 20.2. The van der Waals surface area contributed by atoms with Gasteiger partial charge in [0.25, 0.3) is 0 Å². The first-order chi connectivity index (χ1) is 15.5. The summed E-state index contributed by atoms with van der Waals surface area (Å²) in [7, 11) is 0. The Hall–Kier alpha value is -1.45. The van der Waals surface area contributed by atoms with Gasteiger partial charge in [0.2, 0.25) is 11.8 Å². The zero-order valence-corrected chi connectivity index (χ0v) is 21.5. The first-order valence-electron chi connectivity index (χ1n) is 11.9. The van der Waals surface area contributed by atoms with Gasteiger partial charge in [-0.25, -0.2) is 0 Å². The molecule has 3 heterocycles. The van der Waals surface area contributed by atoms with Crippen LogP contribution in [0.15, 0.2) is 12.7 Å². The summed E-state index contributed by atoms with van der Waals surface area (Å²) in [5.41, 5.74) is -1.23. The zero-order valence-electron chi connectivity index (χ0n) is 19.9. The number of alkyl halides is 1. The number of rotatable bonds is 11. The number of carboxylic acid groups (broad SMARTS) is 1. The first kappa shape index (κ1) is 26.2. The van der Waals surface area contributed by atoms with Gasteiger partial charge in [-0.3, -0.25) is 14.4 Å². The molecule has 0 aromatic carbocycles. The van der Waals surface area contributed by atoms with E-state index in [-0.39, 0.29) is 29.3 Å². The fourth-order valence-electron chi connectivity index (χ4n) is 6.20. The third-order valence-corrected chi connectivity index (χ3v) is 8.29. The van der Waals surface area contributed by atoms with Crippen molar-refractivity contribution in [2.24, 2.45) is 17.8 Å². The van der Waals surface area contributed by atoms with Crippen molar-refractivity contribution in [2.75, 3.05) is 13.2 Å². The van der Waals surface area contributed by atoms with Crippen LogP contribution in [-0.2, 0) is 19.1 Å². The van der Waals surface area contributed by atoms with Gasteiger partial charge in [-0.2, -0.15) is 0 Å². The van der Waals surface area contributed by atoms with E-state index >= 15 is 0 Å². The van der Waals surface area contributed by atoms with Crippen LogP contribution in [-0.4, -0.2) is 85.6 Å². The Labute approximate surface area is 204 Å². The highest BCUT2D eigenvalue weighted by Crippen LogP contribution is 2.60. The van der Waals surface area contributed by atoms with E-state index in [0.717, 1.165) is 12.8 Å². The molecule has 4 unspecified atom stereocenters. The number of carbonyl (C=O) groups is 3. The van der Waals surface area contributed by atoms with Crippen molar-refractivity contribution in [3.63, 3.8) is 0 Å². The number of hydrogen-bond acceptors (Lipinski definition) is 5. The maximum absolute atomic E-state index is 14.2. The number of carboxylic acids is 1. The number of hydrogen-bond donors (Lipinski definition) is 2. The van der Waals surface area contributed by atoms with E-state index in [0.29, 0.717) is 19.4 Å². The fourth-order valence-corrected chi connectivity index (χ4v) is 7.14. The summed E-state index contributed by atoms with van der Waals surface area (Å²) in [6.07, 6.45) is 3.53. The van der Waals surface area contributed by atoms with Gasteiger partial charge < -0.3 is 24.7 Å². The van der Waals surface area contributed by atoms with Crippen LogP contribution in [0, 0.1) is 17.8 Å². The summed E-state index contributed by atoms with van der Waals surface area (Å²) in [4.78, 5) is 43.2. The molecular formula is C24H37BrN2O6. The van der Waals surface area contributed by atoms with Gasteiger partial charge >= 0.3 is 5.97 Å². The van der Waals surface area contributed by atoms with E-state index in [2.05, 4.69) is 22.5 Å². The summed E-state index contributed by atoms with van der Waals surface area (Å²) in [6, 6.07) is -1.66. The Kier molecular flexibility index (Phi) is 7.96. The van der Waals surface area contributed by atoms with Crippen molar-refractivity contribution in [3.8, 4) is 0 Å². The van der Waals surface area contributed by atoms with Crippen LogP contribution >= 0.6 is 15.9 Å². The van der Waals surface area contributed by atoms with Crippen molar-refractivity contribution in [1.82, 2.24) is 9.80 Å². The molecule has 186 valence electrons. The molecule has 1 spiro atoms. The predicted molar refractivity (Wildman–Crippen MR) is 127 cm³/mol. The smallest absolute Gasteiger partial charge is 0.310 e. The molecule has 3 aliphatic rings. The number of halogens is 1. The molecule has 0 saturated carbocycles. The van der Waals surface area contributed by atoms with Crippen molar-refractivity contribution in [2.45, 2.75) is 88.0 Å². The lowest BCUT2D eigenvalue weighted by molar-refractivity contribution is -0.154. The number of carbonyl (C=O) groups excluding carboxylic acids is 2. The molecule has 2 amide bonds. The van der Waals surface area contributed by atoms with E-state index < -0.39 is 47.5 Å². The molecule has 0 aliphatic carbocycles. The minimum atomic E-state index is -1.23. The van der Waals surface area contributed by atoms with Crippen LogP contribution in [0.2, 0.25) is 0 Å². The van der Waals surface area contributed by atoms with Gasteiger partial charge in [-0.05, 0) is 32.1 Å². The van der Waals surface area contributed by atoms with E-state index in [9.17, 15) is 24.6 Å². The number of amides is 2. The molecule has 33 heavy (non-hydrogen) atoms. The molecule has 9 heteroatoms. The lowest BCUT2D eigenvalue weighted by Crippen LogP contribution is -2.60. The minimum Gasteiger partial charge on any atom is -0.481 e. The molecule has 3 saturated heterocycles. The molecule has 8 nitrogen and oxygen atoms in total.